The summed E-state index contributed by atoms with van der Waals surface area (Å²) in [6, 6.07) is 5.78. The van der Waals surface area contributed by atoms with E-state index in [0.29, 0.717) is 0 Å². The molecule has 0 aliphatic carbocycles. The van der Waals surface area contributed by atoms with E-state index in [1.54, 1.807) is 6.20 Å². The van der Waals surface area contributed by atoms with Crippen LogP contribution in [0.25, 0.3) is 0 Å². The maximum atomic E-state index is 4.16. The van der Waals surface area contributed by atoms with Gasteiger partial charge in [0.1, 0.15) is 6.17 Å². The van der Waals surface area contributed by atoms with Crippen LogP contribution in [0.5, 0.6) is 0 Å². The van der Waals surface area contributed by atoms with Crippen molar-refractivity contribution in [2.24, 2.45) is 0 Å². The molecule has 0 atom stereocenters. The monoisotopic (exact) mass is 151 g/mol. The Labute approximate surface area is 64.1 Å². The predicted molar refractivity (Wildman–Crippen MR) is 39.5 cm³/mol. The maximum Gasteiger partial charge on any atom is 0.128 e. The highest BCUT2D eigenvalue weighted by Crippen LogP contribution is 2.04. The summed E-state index contributed by atoms with van der Waals surface area (Å²) in [6.45, 7) is 0. The lowest BCUT2D eigenvalue weighted by Crippen LogP contribution is -2.33. The summed E-state index contributed by atoms with van der Waals surface area (Å²) in [4.78, 5) is 4.16. The summed E-state index contributed by atoms with van der Waals surface area (Å²) in [7, 11) is 0. The zero-order valence-corrected chi connectivity index (χ0v) is 5.83. The Morgan fingerprint density at radius 3 is 2.64 bits per heavy atom. The predicted octanol–water partition coefficient (Wildman–Crippen LogP) is -0.803. The van der Waals surface area contributed by atoms with Crippen molar-refractivity contribution in [2.75, 3.05) is 0 Å². The Kier molecular flexibility index (Phi) is 1.78. The fraction of sp³-hybridized carbons (Fsp3) is 0.167. The van der Waals surface area contributed by atoms with Crippen LogP contribution in [-0.2, 0) is 0 Å². The van der Waals surface area contributed by atoms with Gasteiger partial charge >= 0.3 is 0 Å². The molecule has 0 amide bonds. The number of pyridine rings is 1. The summed E-state index contributed by atoms with van der Waals surface area (Å²) in [5.41, 5.74) is 12.3. The molecule has 2 rings (SSSR count). The summed E-state index contributed by atoms with van der Waals surface area (Å²) in [6.07, 6.45) is 1.80. The molecule has 1 aromatic heterocycles. The normalized spacial score (nSPS) is 18.9. The van der Waals surface area contributed by atoms with Gasteiger partial charge in [0.2, 0.25) is 0 Å². The average molecular weight is 151 g/mol. The fourth-order valence-corrected chi connectivity index (χ4v) is 0.947. The third kappa shape index (κ3) is 1.36. The van der Waals surface area contributed by atoms with Crippen LogP contribution in [0.15, 0.2) is 24.4 Å². The van der Waals surface area contributed by atoms with Crippen molar-refractivity contribution >= 4 is 0 Å². The van der Waals surface area contributed by atoms with E-state index in [2.05, 4.69) is 26.9 Å². The topological polar surface area (TPSA) is 61.0 Å². The largest absolute Gasteiger partial charge is 0.258 e. The molecule has 1 aromatic rings. The fourth-order valence-electron chi connectivity index (χ4n) is 0.947. The van der Waals surface area contributed by atoms with Crippen LogP contribution in [0, 0.1) is 0 Å². The Morgan fingerprint density at radius 2 is 2.00 bits per heavy atom. The molecule has 0 radical (unpaired) electrons. The maximum absolute atomic E-state index is 4.16. The molecule has 5 nitrogen and oxygen atoms in total. The Bertz CT molecular complexity index is 218. The van der Waals surface area contributed by atoms with Gasteiger partial charge in [0.15, 0.2) is 0 Å². The first-order valence-corrected chi connectivity index (χ1v) is 3.39. The van der Waals surface area contributed by atoms with Gasteiger partial charge in [-0.3, -0.25) is 4.98 Å². The molecule has 0 saturated carbocycles. The van der Waals surface area contributed by atoms with Crippen molar-refractivity contribution in [2.45, 2.75) is 6.17 Å². The van der Waals surface area contributed by atoms with E-state index in [4.69, 9.17) is 0 Å². The van der Waals surface area contributed by atoms with Crippen LogP contribution in [-0.4, -0.2) is 4.98 Å². The Hall–Kier alpha value is -1.01. The van der Waals surface area contributed by atoms with Gasteiger partial charge in [0.25, 0.3) is 0 Å². The number of rotatable bonds is 1. The minimum Gasteiger partial charge on any atom is -0.258 e. The van der Waals surface area contributed by atoms with E-state index in [1.807, 2.05) is 18.2 Å². The van der Waals surface area contributed by atoms with E-state index in [1.165, 1.54) is 0 Å². The molecule has 1 fully saturated rings. The summed E-state index contributed by atoms with van der Waals surface area (Å²) in [5.74, 6) is 0. The summed E-state index contributed by atoms with van der Waals surface area (Å²) < 4.78 is 0. The molecule has 5 heteroatoms. The first kappa shape index (κ1) is 6.68. The second-order valence-electron chi connectivity index (χ2n) is 2.23. The second-order valence-corrected chi connectivity index (χ2v) is 2.23. The summed E-state index contributed by atoms with van der Waals surface area (Å²) in [5, 5.41) is 0. The van der Waals surface area contributed by atoms with E-state index in [0.717, 1.165) is 5.69 Å². The highest BCUT2D eigenvalue weighted by atomic mass is 15.8. The third-order valence-electron chi connectivity index (χ3n) is 1.48. The van der Waals surface area contributed by atoms with E-state index in [-0.39, 0.29) is 6.17 Å². The molecule has 1 aliphatic rings. The van der Waals surface area contributed by atoms with Crippen molar-refractivity contribution in [3.63, 3.8) is 0 Å². The lowest BCUT2D eigenvalue weighted by atomic mass is 10.3. The average Bonchev–Trinajstić information content (AvgIpc) is 2.58. The number of aromatic nitrogens is 1. The highest BCUT2D eigenvalue weighted by molar-refractivity contribution is 5.07. The number of hydrogen-bond donors (Lipinski definition) is 4. The van der Waals surface area contributed by atoms with Crippen LogP contribution in [0.3, 0.4) is 0 Å². The first-order chi connectivity index (χ1) is 5.47. The zero-order valence-electron chi connectivity index (χ0n) is 5.83. The van der Waals surface area contributed by atoms with Crippen molar-refractivity contribution in [1.82, 2.24) is 26.9 Å². The van der Waals surface area contributed by atoms with Gasteiger partial charge in [0.05, 0.1) is 5.69 Å². The van der Waals surface area contributed by atoms with Crippen molar-refractivity contribution < 1.29 is 0 Å². The number of nitrogens with one attached hydrogen (secondary N) is 4. The lowest BCUT2D eigenvalue weighted by Gasteiger charge is -2.05. The lowest BCUT2D eigenvalue weighted by molar-refractivity contribution is 0.540. The number of hydrogen-bond acceptors (Lipinski definition) is 5. The smallest absolute Gasteiger partial charge is 0.128 e. The van der Waals surface area contributed by atoms with Crippen LogP contribution < -0.4 is 21.9 Å². The van der Waals surface area contributed by atoms with Gasteiger partial charge in [-0.2, -0.15) is 11.1 Å². The Morgan fingerprint density at radius 1 is 1.18 bits per heavy atom. The third-order valence-corrected chi connectivity index (χ3v) is 1.48. The van der Waals surface area contributed by atoms with Gasteiger partial charge in [-0.1, -0.05) is 6.07 Å². The van der Waals surface area contributed by atoms with Crippen LogP contribution >= 0.6 is 0 Å². The van der Waals surface area contributed by atoms with Crippen LogP contribution in [0.1, 0.15) is 11.9 Å². The minimum atomic E-state index is 0.0381. The molecule has 11 heavy (non-hydrogen) atoms. The molecular formula is C6H9N5. The molecule has 2 heterocycles. The highest BCUT2D eigenvalue weighted by Gasteiger charge is 2.14. The Balaban J connectivity index is 2.16. The van der Waals surface area contributed by atoms with Crippen LogP contribution in [0.4, 0.5) is 0 Å². The molecule has 58 valence electrons. The SMILES string of the molecule is c1ccc(C2NNNN2)nc1. The van der Waals surface area contributed by atoms with Crippen molar-refractivity contribution in [1.29, 1.82) is 0 Å². The number of nitrogens with zero attached hydrogens (tertiary/aromatic N) is 1. The molecule has 0 bridgehead atoms. The van der Waals surface area contributed by atoms with Crippen molar-refractivity contribution in [3.8, 4) is 0 Å². The van der Waals surface area contributed by atoms with Gasteiger partial charge in [-0.05, 0) is 12.1 Å². The molecule has 1 saturated heterocycles. The van der Waals surface area contributed by atoms with E-state index in [9.17, 15) is 0 Å². The molecule has 0 unspecified atom stereocenters. The summed E-state index contributed by atoms with van der Waals surface area (Å²) >= 11 is 0. The molecule has 0 spiro atoms. The molecule has 0 aromatic carbocycles. The van der Waals surface area contributed by atoms with Gasteiger partial charge in [-0.15, -0.1) is 0 Å². The quantitative estimate of drug-likeness (QED) is 0.423. The molecule has 1 aliphatic heterocycles. The van der Waals surface area contributed by atoms with Crippen molar-refractivity contribution in [3.05, 3.63) is 30.1 Å². The number of hydrazine groups is 3. The minimum absolute atomic E-state index is 0.0381. The first-order valence-electron chi connectivity index (χ1n) is 3.39. The van der Waals surface area contributed by atoms with Gasteiger partial charge in [-0.25, -0.2) is 10.9 Å². The molecule has 4 N–H and O–H groups in total. The van der Waals surface area contributed by atoms with Gasteiger partial charge in [0, 0.05) is 6.20 Å². The second kappa shape index (κ2) is 2.93. The zero-order chi connectivity index (χ0) is 7.52. The van der Waals surface area contributed by atoms with Crippen LogP contribution in [0.2, 0.25) is 0 Å². The standard InChI is InChI=1S/C6H9N5/c1-2-4-7-5(3-1)6-8-10-11-9-6/h1-4,6,8-11H. The van der Waals surface area contributed by atoms with Gasteiger partial charge < -0.3 is 0 Å². The van der Waals surface area contributed by atoms with E-state index >= 15 is 0 Å². The molecular weight excluding hydrogens is 142 g/mol. The van der Waals surface area contributed by atoms with E-state index < -0.39 is 0 Å².